The summed E-state index contributed by atoms with van der Waals surface area (Å²) in [4.78, 5) is 0. The fourth-order valence-electron chi connectivity index (χ4n) is 1.57. The van der Waals surface area contributed by atoms with E-state index in [-0.39, 0.29) is 5.25 Å². The Kier molecular flexibility index (Phi) is 5.65. The third-order valence-corrected chi connectivity index (χ3v) is 4.05. The van der Waals surface area contributed by atoms with E-state index in [0.717, 1.165) is 24.4 Å². The summed E-state index contributed by atoms with van der Waals surface area (Å²) in [6, 6.07) is 6.12. The van der Waals surface area contributed by atoms with Gasteiger partial charge in [0.15, 0.2) is 0 Å². The average Bonchev–Trinajstić information content (AvgIpc) is 2.29. The summed E-state index contributed by atoms with van der Waals surface area (Å²) in [6.07, 6.45) is 1.74. The fraction of sp³-hybridized carbons (Fsp3) is 0.538. The summed E-state index contributed by atoms with van der Waals surface area (Å²) < 4.78 is 16.5. The van der Waals surface area contributed by atoms with Crippen LogP contribution < -0.4 is 10.1 Å². The molecule has 0 fully saturated rings. The number of ether oxygens (including phenoxy) is 1. The molecule has 0 bridgehead atoms. The maximum atomic E-state index is 11.2. The Morgan fingerprint density at radius 2 is 2.18 bits per heavy atom. The summed E-state index contributed by atoms with van der Waals surface area (Å²) in [6.45, 7) is 5.54. The number of methoxy groups -OCH3 is 1. The molecule has 0 radical (unpaired) electrons. The Hall–Kier alpha value is -0.870. The summed E-state index contributed by atoms with van der Waals surface area (Å²) in [5.41, 5.74) is 2.36. The third kappa shape index (κ3) is 4.48. The van der Waals surface area contributed by atoms with Crippen molar-refractivity contribution >= 4 is 10.8 Å². The van der Waals surface area contributed by atoms with Crippen LogP contribution in [0.15, 0.2) is 18.2 Å². The van der Waals surface area contributed by atoms with Crippen molar-refractivity contribution in [2.24, 2.45) is 0 Å². The van der Waals surface area contributed by atoms with Gasteiger partial charge in [0, 0.05) is 41.0 Å². The van der Waals surface area contributed by atoms with Gasteiger partial charge in [-0.2, -0.15) is 0 Å². The van der Waals surface area contributed by atoms with E-state index in [2.05, 4.69) is 18.3 Å². The van der Waals surface area contributed by atoms with Crippen molar-refractivity contribution < 1.29 is 8.95 Å². The highest BCUT2D eigenvalue weighted by atomic mass is 32.2. The monoisotopic (exact) mass is 255 g/mol. The second kappa shape index (κ2) is 6.77. The van der Waals surface area contributed by atoms with E-state index in [0.29, 0.717) is 0 Å². The van der Waals surface area contributed by atoms with Gasteiger partial charge in [0.1, 0.15) is 5.75 Å². The first-order chi connectivity index (χ1) is 8.04. The quantitative estimate of drug-likeness (QED) is 0.843. The van der Waals surface area contributed by atoms with Crippen molar-refractivity contribution in [3.63, 3.8) is 0 Å². The molecule has 0 amide bonds. The maximum Gasteiger partial charge on any atom is 0.123 e. The van der Waals surface area contributed by atoms with Crippen molar-refractivity contribution in [3.05, 3.63) is 29.3 Å². The number of rotatable bonds is 6. The van der Waals surface area contributed by atoms with Gasteiger partial charge in [-0.15, -0.1) is 0 Å². The van der Waals surface area contributed by atoms with Gasteiger partial charge in [0.25, 0.3) is 0 Å². The highest BCUT2D eigenvalue weighted by Crippen LogP contribution is 2.19. The molecule has 1 aromatic carbocycles. The highest BCUT2D eigenvalue weighted by molar-refractivity contribution is 7.84. The van der Waals surface area contributed by atoms with Crippen molar-refractivity contribution in [2.75, 3.05) is 19.9 Å². The Balaban J connectivity index is 2.56. The van der Waals surface area contributed by atoms with Crippen LogP contribution in [0.2, 0.25) is 0 Å². The van der Waals surface area contributed by atoms with E-state index in [1.54, 1.807) is 13.4 Å². The lowest BCUT2D eigenvalue weighted by Crippen LogP contribution is -2.27. The maximum absolute atomic E-state index is 11.2. The van der Waals surface area contributed by atoms with Crippen molar-refractivity contribution in [1.82, 2.24) is 5.32 Å². The predicted octanol–water partition coefficient (Wildman–Crippen LogP) is 1.86. The molecule has 0 spiro atoms. The number of benzene rings is 1. The van der Waals surface area contributed by atoms with Crippen molar-refractivity contribution in [3.8, 4) is 5.75 Å². The lowest BCUT2D eigenvalue weighted by Gasteiger charge is -2.12. The number of nitrogens with one attached hydrogen (secondary N) is 1. The summed E-state index contributed by atoms with van der Waals surface area (Å²) in [5, 5.41) is 3.48. The minimum Gasteiger partial charge on any atom is -0.496 e. The molecule has 1 rings (SSSR count). The lowest BCUT2D eigenvalue weighted by atomic mass is 10.1. The van der Waals surface area contributed by atoms with Crippen LogP contribution in [-0.2, 0) is 17.3 Å². The van der Waals surface area contributed by atoms with Crippen LogP contribution in [0, 0.1) is 6.92 Å². The summed E-state index contributed by atoms with van der Waals surface area (Å²) in [7, 11) is 0.905. The topological polar surface area (TPSA) is 38.3 Å². The SMILES string of the molecule is COc1ccc(C)cc1CNCC(C)S(C)=O. The first kappa shape index (κ1) is 14.2. The summed E-state index contributed by atoms with van der Waals surface area (Å²) >= 11 is 0. The van der Waals surface area contributed by atoms with Gasteiger partial charge >= 0.3 is 0 Å². The molecule has 0 aromatic heterocycles. The Morgan fingerprint density at radius 1 is 1.47 bits per heavy atom. The molecular formula is C13H21NO2S. The number of aryl methyl sites for hydroxylation is 1. The van der Waals surface area contributed by atoms with E-state index in [9.17, 15) is 4.21 Å². The number of hydrogen-bond donors (Lipinski definition) is 1. The smallest absolute Gasteiger partial charge is 0.123 e. The van der Waals surface area contributed by atoms with Gasteiger partial charge in [0.2, 0.25) is 0 Å². The van der Waals surface area contributed by atoms with Crippen LogP contribution in [0.1, 0.15) is 18.1 Å². The average molecular weight is 255 g/mol. The molecule has 0 aliphatic carbocycles. The molecule has 1 N–H and O–H groups in total. The first-order valence-electron chi connectivity index (χ1n) is 5.71. The lowest BCUT2D eigenvalue weighted by molar-refractivity contribution is 0.407. The van der Waals surface area contributed by atoms with Crippen LogP contribution >= 0.6 is 0 Å². The van der Waals surface area contributed by atoms with Gasteiger partial charge in [-0.05, 0) is 19.9 Å². The molecule has 2 atom stereocenters. The predicted molar refractivity (Wildman–Crippen MR) is 73.0 cm³/mol. The minimum absolute atomic E-state index is 0.172. The van der Waals surface area contributed by atoms with Gasteiger partial charge in [-0.1, -0.05) is 17.7 Å². The molecule has 0 saturated heterocycles. The van der Waals surface area contributed by atoms with E-state index in [4.69, 9.17) is 4.74 Å². The zero-order valence-corrected chi connectivity index (χ0v) is 11.8. The van der Waals surface area contributed by atoms with Crippen LogP contribution in [0.25, 0.3) is 0 Å². The fourth-order valence-corrected chi connectivity index (χ4v) is 1.93. The Morgan fingerprint density at radius 3 is 2.76 bits per heavy atom. The Bertz CT molecular complexity index is 393. The van der Waals surface area contributed by atoms with Crippen LogP contribution in [0.3, 0.4) is 0 Å². The van der Waals surface area contributed by atoms with Gasteiger partial charge < -0.3 is 10.1 Å². The largest absolute Gasteiger partial charge is 0.496 e. The summed E-state index contributed by atoms with van der Waals surface area (Å²) in [5.74, 6) is 0.897. The molecule has 17 heavy (non-hydrogen) atoms. The van der Waals surface area contributed by atoms with Gasteiger partial charge in [-0.25, -0.2) is 0 Å². The van der Waals surface area contributed by atoms with E-state index < -0.39 is 10.8 Å². The molecule has 3 nitrogen and oxygen atoms in total. The molecule has 1 aromatic rings. The molecule has 96 valence electrons. The molecule has 0 aliphatic rings. The van der Waals surface area contributed by atoms with E-state index in [1.807, 2.05) is 19.1 Å². The second-order valence-corrected chi connectivity index (χ2v) is 6.06. The zero-order chi connectivity index (χ0) is 12.8. The molecule has 0 aliphatic heterocycles. The Labute approximate surface area is 106 Å². The molecule has 2 unspecified atom stereocenters. The normalized spacial score (nSPS) is 14.4. The second-order valence-electron chi connectivity index (χ2n) is 4.26. The number of hydrogen-bond acceptors (Lipinski definition) is 3. The van der Waals surface area contributed by atoms with E-state index >= 15 is 0 Å². The molecule has 0 saturated carbocycles. The zero-order valence-electron chi connectivity index (χ0n) is 10.9. The molecule has 0 heterocycles. The standard InChI is InChI=1S/C13H21NO2S/c1-10-5-6-13(16-3)12(7-10)9-14-8-11(2)17(4)15/h5-7,11,14H,8-9H2,1-4H3. The first-order valence-corrected chi connectivity index (χ1v) is 7.33. The van der Waals surface area contributed by atoms with Crippen molar-refractivity contribution in [2.45, 2.75) is 25.6 Å². The minimum atomic E-state index is -0.773. The van der Waals surface area contributed by atoms with Crippen LogP contribution in [0.5, 0.6) is 5.75 Å². The van der Waals surface area contributed by atoms with Crippen LogP contribution in [0.4, 0.5) is 0 Å². The molecule has 4 heteroatoms. The van der Waals surface area contributed by atoms with E-state index in [1.165, 1.54) is 5.56 Å². The van der Waals surface area contributed by atoms with Gasteiger partial charge in [0.05, 0.1) is 7.11 Å². The van der Waals surface area contributed by atoms with Crippen molar-refractivity contribution in [1.29, 1.82) is 0 Å². The van der Waals surface area contributed by atoms with Gasteiger partial charge in [-0.3, -0.25) is 4.21 Å². The highest BCUT2D eigenvalue weighted by Gasteiger charge is 2.07. The van der Waals surface area contributed by atoms with Crippen LogP contribution in [-0.4, -0.2) is 29.4 Å². The third-order valence-electron chi connectivity index (χ3n) is 2.75. The molecular weight excluding hydrogens is 234 g/mol.